The zero-order valence-electron chi connectivity index (χ0n) is 28.8. The van der Waals surface area contributed by atoms with E-state index < -0.39 is 30.2 Å². The summed E-state index contributed by atoms with van der Waals surface area (Å²) in [5.74, 6) is -1.94. The quantitative estimate of drug-likeness (QED) is 0.124. The fourth-order valence-electron chi connectivity index (χ4n) is 6.83. The number of fused-ring (bicyclic) bond motifs is 1. The van der Waals surface area contributed by atoms with Crippen molar-refractivity contribution in [2.24, 2.45) is 0 Å². The van der Waals surface area contributed by atoms with E-state index in [1.54, 1.807) is 0 Å². The molecule has 51 heavy (non-hydrogen) atoms. The molecule has 260 valence electrons. The molecule has 6 heteroatoms. The first-order valence-electron chi connectivity index (χ1n) is 17.5. The van der Waals surface area contributed by atoms with E-state index in [0.29, 0.717) is 18.8 Å². The Morgan fingerprint density at radius 1 is 0.549 bits per heavy atom. The van der Waals surface area contributed by atoms with E-state index >= 15 is 0 Å². The molecular formula is C45H44O6. The Bertz CT molecular complexity index is 1950. The van der Waals surface area contributed by atoms with E-state index in [-0.39, 0.29) is 19.8 Å². The molecule has 6 nitrogen and oxygen atoms in total. The van der Waals surface area contributed by atoms with Crippen LogP contribution in [0.1, 0.15) is 33.4 Å². The number of rotatable bonds is 14. The molecule has 1 unspecified atom stereocenters. The van der Waals surface area contributed by atoms with Crippen molar-refractivity contribution in [3.8, 4) is 0 Å². The molecule has 1 aliphatic rings. The summed E-state index contributed by atoms with van der Waals surface area (Å²) in [6.07, 6.45) is -3.14. The Kier molecular flexibility index (Phi) is 11.3. The van der Waals surface area contributed by atoms with Gasteiger partial charge in [-0.1, -0.05) is 157 Å². The molecule has 6 aromatic carbocycles. The van der Waals surface area contributed by atoms with E-state index in [4.69, 9.17) is 23.7 Å². The van der Waals surface area contributed by atoms with Crippen molar-refractivity contribution in [2.75, 3.05) is 6.61 Å². The summed E-state index contributed by atoms with van der Waals surface area (Å²) in [4.78, 5) is 0. The van der Waals surface area contributed by atoms with Crippen LogP contribution in [0.15, 0.2) is 158 Å². The van der Waals surface area contributed by atoms with Gasteiger partial charge in [0.05, 0.1) is 33.0 Å². The number of aliphatic hydroxyl groups is 1. The van der Waals surface area contributed by atoms with Crippen LogP contribution in [0.5, 0.6) is 0 Å². The molecule has 0 aromatic heterocycles. The lowest BCUT2D eigenvalue weighted by Crippen LogP contribution is -2.65. The minimum Gasteiger partial charge on any atom is -0.374 e. The van der Waals surface area contributed by atoms with E-state index in [1.807, 2.05) is 159 Å². The molecule has 1 saturated heterocycles. The van der Waals surface area contributed by atoms with Gasteiger partial charge in [0.2, 0.25) is 5.79 Å². The van der Waals surface area contributed by atoms with Crippen molar-refractivity contribution in [2.45, 2.75) is 63.6 Å². The average Bonchev–Trinajstić information content (AvgIpc) is 3.17. The zero-order chi connectivity index (χ0) is 34.9. The maximum atomic E-state index is 13.2. The highest BCUT2D eigenvalue weighted by molar-refractivity contribution is 5.87. The van der Waals surface area contributed by atoms with Gasteiger partial charge in [-0.15, -0.1) is 0 Å². The lowest BCUT2D eigenvalue weighted by molar-refractivity contribution is -0.378. The molecule has 1 aliphatic heterocycles. The predicted molar refractivity (Wildman–Crippen MR) is 199 cm³/mol. The summed E-state index contributed by atoms with van der Waals surface area (Å²) in [5, 5.41) is 15.1. The van der Waals surface area contributed by atoms with Gasteiger partial charge in [0.1, 0.15) is 24.4 Å². The molecule has 0 radical (unpaired) electrons. The second kappa shape index (κ2) is 16.6. The van der Waals surface area contributed by atoms with Crippen molar-refractivity contribution < 1.29 is 28.8 Å². The molecule has 0 saturated carbocycles. The minimum absolute atomic E-state index is 0.150. The summed E-state index contributed by atoms with van der Waals surface area (Å²) in [6, 6.07) is 52.2. The SMILES string of the molecule is Cc1cc(C2(O)O[C@H](COCc3ccccc3)[C@@H](OCc3ccccc3)[C@H](OCc3ccccc3)[C@H]2OCc2ccccc2)c2ccccc2c1. The largest absolute Gasteiger partial charge is 0.374 e. The highest BCUT2D eigenvalue weighted by Gasteiger charge is 2.57. The van der Waals surface area contributed by atoms with Gasteiger partial charge in [-0.3, -0.25) is 0 Å². The maximum Gasteiger partial charge on any atom is 0.223 e. The van der Waals surface area contributed by atoms with Crippen LogP contribution in [0, 0.1) is 6.92 Å². The molecule has 0 amide bonds. The van der Waals surface area contributed by atoms with Crippen LogP contribution < -0.4 is 0 Å². The first-order valence-corrected chi connectivity index (χ1v) is 17.5. The Morgan fingerprint density at radius 2 is 1.02 bits per heavy atom. The molecule has 5 atom stereocenters. The second-order valence-electron chi connectivity index (χ2n) is 13.1. The standard InChI is InChI=1S/C45H44O6/c1-33-26-38-24-14-15-25-39(38)40(27-33)45(46)44(50-31-37-22-12-5-13-23-37)43(49-30-36-20-10-4-11-21-36)42(48-29-35-18-8-3-9-19-35)41(51-45)32-47-28-34-16-6-2-7-17-34/h2-27,41-44,46H,28-32H2,1H3/t41-,42-,43+,44-,45?/m1/s1. The first kappa shape index (κ1) is 34.8. The van der Waals surface area contributed by atoms with Gasteiger partial charge in [-0.2, -0.15) is 0 Å². The summed E-state index contributed by atoms with van der Waals surface area (Å²) in [7, 11) is 0. The van der Waals surface area contributed by atoms with Crippen molar-refractivity contribution in [3.63, 3.8) is 0 Å². The fraction of sp³-hybridized carbons (Fsp3) is 0.244. The van der Waals surface area contributed by atoms with E-state index in [2.05, 4.69) is 6.07 Å². The van der Waals surface area contributed by atoms with Crippen LogP contribution >= 0.6 is 0 Å². The number of ether oxygens (including phenoxy) is 5. The van der Waals surface area contributed by atoms with Crippen LogP contribution in [-0.2, 0) is 55.9 Å². The fourth-order valence-corrected chi connectivity index (χ4v) is 6.83. The van der Waals surface area contributed by atoms with Gasteiger partial charge < -0.3 is 28.8 Å². The number of aryl methyl sites for hydroxylation is 1. The summed E-state index contributed by atoms with van der Waals surface area (Å²) in [5.41, 5.74) is 5.61. The molecule has 0 aliphatic carbocycles. The average molecular weight is 681 g/mol. The lowest BCUT2D eigenvalue weighted by atomic mass is 9.84. The van der Waals surface area contributed by atoms with E-state index in [9.17, 15) is 5.11 Å². The Morgan fingerprint density at radius 3 is 1.59 bits per heavy atom. The highest BCUT2D eigenvalue weighted by Crippen LogP contribution is 2.44. The third-order valence-corrected chi connectivity index (χ3v) is 9.33. The van der Waals surface area contributed by atoms with E-state index in [0.717, 1.165) is 38.6 Å². The van der Waals surface area contributed by atoms with Gasteiger partial charge >= 0.3 is 0 Å². The van der Waals surface area contributed by atoms with Crippen LogP contribution in [-0.4, -0.2) is 36.1 Å². The molecular weight excluding hydrogens is 636 g/mol. The third-order valence-electron chi connectivity index (χ3n) is 9.33. The predicted octanol–water partition coefficient (Wildman–Crippen LogP) is 8.67. The Balaban J connectivity index is 1.32. The smallest absolute Gasteiger partial charge is 0.223 e. The Hall–Kier alpha value is -4.66. The highest BCUT2D eigenvalue weighted by atomic mass is 16.7. The number of hydrogen-bond donors (Lipinski definition) is 1. The van der Waals surface area contributed by atoms with Crippen molar-refractivity contribution in [1.82, 2.24) is 0 Å². The molecule has 0 bridgehead atoms. The van der Waals surface area contributed by atoms with Crippen LogP contribution in [0.3, 0.4) is 0 Å². The maximum absolute atomic E-state index is 13.2. The molecule has 1 heterocycles. The topological polar surface area (TPSA) is 66.4 Å². The van der Waals surface area contributed by atoms with Crippen LogP contribution in [0.4, 0.5) is 0 Å². The lowest BCUT2D eigenvalue weighted by Gasteiger charge is -2.50. The summed E-state index contributed by atoms with van der Waals surface area (Å²) in [6.45, 7) is 3.37. The van der Waals surface area contributed by atoms with Gasteiger partial charge in [0.25, 0.3) is 0 Å². The number of hydrogen-bond acceptors (Lipinski definition) is 6. The van der Waals surface area contributed by atoms with Gasteiger partial charge in [0, 0.05) is 5.56 Å². The molecule has 0 spiro atoms. The zero-order valence-corrected chi connectivity index (χ0v) is 28.8. The van der Waals surface area contributed by atoms with E-state index in [1.165, 1.54) is 0 Å². The van der Waals surface area contributed by atoms with Gasteiger partial charge in [0.15, 0.2) is 0 Å². The van der Waals surface area contributed by atoms with Crippen molar-refractivity contribution in [3.05, 3.63) is 191 Å². The molecule has 7 rings (SSSR count). The normalized spacial score (nSPS) is 21.8. The van der Waals surface area contributed by atoms with Crippen LogP contribution in [0.2, 0.25) is 0 Å². The summed E-state index contributed by atoms with van der Waals surface area (Å²) < 4.78 is 33.8. The van der Waals surface area contributed by atoms with Crippen molar-refractivity contribution >= 4 is 10.8 Å². The molecule has 1 N–H and O–H groups in total. The minimum atomic E-state index is -1.94. The number of benzene rings is 6. The molecule has 1 fully saturated rings. The third kappa shape index (κ3) is 8.46. The monoisotopic (exact) mass is 680 g/mol. The first-order chi connectivity index (χ1) is 25.1. The van der Waals surface area contributed by atoms with Crippen molar-refractivity contribution in [1.29, 1.82) is 0 Å². The van der Waals surface area contributed by atoms with Crippen LogP contribution in [0.25, 0.3) is 10.8 Å². The van der Waals surface area contributed by atoms with Gasteiger partial charge in [-0.25, -0.2) is 0 Å². The molecule has 6 aromatic rings. The van der Waals surface area contributed by atoms with Gasteiger partial charge in [-0.05, 0) is 46.0 Å². The second-order valence-corrected chi connectivity index (χ2v) is 13.1. The summed E-state index contributed by atoms with van der Waals surface area (Å²) >= 11 is 0. The Labute approximate surface area is 300 Å².